The molecule has 2 aromatic rings. The third kappa shape index (κ3) is 1.80. The van der Waals surface area contributed by atoms with Gasteiger partial charge in [-0.3, -0.25) is 0 Å². The quantitative estimate of drug-likeness (QED) is 0.880. The molecule has 2 rings (SSSR count). The summed E-state index contributed by atoms with van der Waals surface area (Å²) in [5.41, 5.74) is 2.39. The zero-order valence-electron chi connectivity index (χ0n) is 11.2. The van der Waals surface area contributed by atoms with Crippen LogP contribution in [0, 0.1) is 0 Å². The van der Waals surface area contributed by atoms with Crippen LogP contribution in [0.1, 0.15) is 19.4 Å². The molecule has 0 saturated carbocycles. The van der Waals surface area contributed by atoms with Crippen molar-refractivity contribution in [1.29, 1.82) is 0 Å². The van der Waals surface area contributed by atoms with Crippen molar-refractivity contribution in [2.24, 2.45) is 7.05 Å². The summed E-state index contributed by atoms with van der Waals surface area (Å²) in [5.74, 6) is 0.920. The first-order valence-corrected chi connectivity index (χ1v) is 5.82. The maximum absolute atomic E-state index is 5.43. The lowest BCUT2D eigenvalue weighted by atomic mass is 9.94. The monoisotopic (exact) mass is 232 g/mol. The number of aromatic nitrogens is 1. The molecule has 0 radical (unpaired) electrons. The van der Waals surface area contributed by atoms with Crippen LogP contribution in [-0.4, -0.2) is 18.7 Å². The lowest BCUT2D eigenvalue weighted by molar-refractivity contribution is 0.418. The Bertz CT molecular complexity index is 540. The molecule has 1 aromatic heterocycles. The Balaban J connectivity index is 2.77. The summed E-state index contributed by atoms with van der Waals surface area (Å²) >= 11 is 0. The molecular formula is C14H20N2O. The number of nitrogens with one attached hydrogen (secondary N) is 1. The van der Waals surface area contributed by atoms with Gasteiger partial charge >= 0.3 is 0 Å². The van der Waals surface area contributed by atoms with E-state index in [1.807, 2.05) is 19.2 Å². The Morgan fingerprint density at radius 3 is 2.59 bits per heavy atom. The van der Waals surface area contributed by atoms with Gasteiger partial charge in [0.1, 0.15) is 5.75 Å². The SMILES string of the molecule is CNC(C)(C)c1cn(C)c2c(OC)cccc12. The smallest absolute Gasteiger partial charge is 0.143 e. The average Bonchev–Trinajstić information content (AvgIpc) is 2.68. The minimum absolute atomic E-state index is 0.0497. The minimum Gasteiger partial charge on any atom is -0.495 e. The van der Waals surface area contributed by atoms with Crippen molar-refractivity contribution in [3.63, 3.8) is 0 Å². The van der Waals surface area contributed by atoms with Crippen LogP contribution in [0.5, 0.6) is 5.75 Å². The van der Waals surface area contributed by atoms with Crippen molar-refractivity contribution >= 4 is 10.9 Å². The molecule has 0 aliphatic rings. The molecule has 1 N–H and O–H groups in total. The molecule has 1 heterocycles. The van der Waals surface area contributed by atoms with Crippen molar-refractivity contribution in [2.75, 3.05) is 14.2 Å². The standard InChI is InChI=1S/C14H20N2O/c1-14(2,15-3)11-9-16(4)13-10(11)7-6-8-12(13)17-5/h6-9,15H,1-5H3. The van der Waals surface area contributed by atoms with Gasteiger partial charge in [-0.05, 0) is 32.5 Å². The molecule has 0 atom stereocenters. The highest BCUT2D eigenvalue weighted by Gasteiger charge is 2.23. The normalized spacial score (nSPS) is 12.1. The molecule has 17 heavy (non-hydrogen) atoms. The van der Waals surface area contributed by atoms with E-state index in [9.17, 15) is 0 Å². The number of para-hydroxylation sites is 1. The fraction of sp³-hybridized carbons (Fsp3) is 0.429. The van der Waals surface area contributed by atoms with Gasteiger partial charge in [-0.25, -0.2) is 0 Å². The minimum atomic E-state index is -0.0497. The van der Waals surface area contributed by atoms with Crippen LogP contribution >= 0.6 is 0 Å². The van der Waals surface area contributed by atoms with Crippen molar-refractivity contribution in [3.8, 4) is 5.75 Å². The molecule has 0 aliphatic heterocycles. The molecule has 0 amide bonds. The summed E-state index contributed by atoms with van der Waals surface area (Å²) < 4.78 is 7.55. The van der Waals surface area contributed by atoms with Gasteiger partial charge in [0.2, 0.25) is 0 Å². The number of nitrogens with zero attached hydrogens (tertiary/aromatic N) is 1. The molecule has 0 aliphatic carbocycles. The third-order valence-electron chi connectivity index (χ3n) is 3.48. The number of hydrogen-bond acceptors (Lipinski definition) is 2. The second-order valence-electron chi connectivity index (χ2n) is 4.89. The first-order chi connectivity index (χ1) is 8.01. The van der Waals surface area contributed by atoms with Crippen LogP contribution in [-0.2, 0) is 12.6 Å². The number of fused-ring (bicyclic) bond motifs is 1. The van der Waals surface area contributed by atoms with E-state index >= 15 is 0 Å². The number of aryl methyl sites for hydroxylation is 1. The molecule has 0 saturated heterocycles. The zero-order chi connectivity index (χ0) is 12.6. The summed E-state index contributed by atoms with van der Waals surface area (Å²) in [5, 5.41) is 4.59. The Morgan fingerprint density at radius 2 is 2.00 bits per heavy atom. The lowest BCUT2D eigenvalue weighted by Gasteiger charge is -2.23. The van der Waals surface area contributed by atoms with Crippen molar-refractivity contribution < 1.29 is 4.74 Å². The molecule has 3 heteroatoms. The van der Waals surface area contributed by atoms with E-state index in [1.54, 1.807) is 7.11 Å². The van der Waals surface area contributed by atoms with E-state index < -0.39 is 0 Å². The van der Waals surface area contributed by atoms with Crippen molar-refractivity contribution in [1.82, 2.24) is 9.88 Å². The van der Waals surface area contributed by atoms with E-state index in [-0.39, 0.29) is 5.54 Å². The molecule has 0 unspecified atom stereocenters. The molecule has 3 nitrogen and oxygen atoms in total. The van der Waals surface area contributed by atoms with Crippen LogP contribution in [0.25, 0.3) is 10.9 Å². The van der Waals surface area contributed by atoms with Crippen molar-refractivity contribution in [3.05, 3.63) is 30.0 Å². The highest BCUT2D eigenvalue weighted by molar-refractivity contribution is 5.89. The van der Waals surface area contributed by atoms with Gasteiger partial charge in [0, 0.05) is 24.2 Å². The van der Waals surface area contributed by atoms with Gasteiger partial charge < -0.3 is 14.6 Å². The number of ether oxygens (including phenoxy) is 1. The number of rotatable bonds is 3. The number of methoxy groups -OCH3 is 1. The van der Waals surface area contributed by atoms with Crippen LogP contribution in [0.15, 0.2) is 24.4 Å². The van der Waals surface area contributed by atoms with Gasteiger partial charge in [0.25, 0.3) is 0 Å². The van der Waals surface area contributed by atoms with Gasteiger partial charge in [0.15, 0.2) is 0 Å². The van der Waals surface area contributed by atoms with Crippen LogP contribution in [0.4, 0.5) is 0 Å². The molecule has 1 aromatic carbocycles. The highest BCUT2D eigenvalue weighted by atomic mass is 16.5. The molecule has 0 spiro atoms. The first kappa shape index (κ1) is 12.0. The maximum Gasteiger partial charge on any atom is 0.143 e. The largest absolute Gasteiger partial charge is 0.495 e. The fourth-order valence-corrected chi connectivity index (χ4v) is 2.23. The maximum atomic E-state index is 5.43. The Morgan fingerprint density at radius 1 is 1.29 bits per heavy atom. The summed E-state index contributed by atoms with van der Waals surface area (Å²) in [6.07, 6.45) is 2.17. The Hall–Kier alpha value is -1.48. The first-order valence-electron chi connectivity index (χ1n) is 5.82. The van der Waals surface area contributed by atoms with Gasteiger partial charge in [0.05, 0.1) is 12.6 Å². The summed E-state index contributed by atoms with van der Waals surface area (Å²) in [4.78, 5) is 0. The number of benzene rings is 1. The highest BCUT2D eigenvalue weighted by Crippen LogP contribution is 2.34. The van der Waals surface area contributed by atoms with E-state index in [4.69, 9.17) is 4.74 Å². The van der Waals surface area contributed by atoms with E-state index in [0.29, 0.717) is 0 Å². The van der Waals surface area contributed by atoms with E-state index in [2.05, 4.69) is 43.0 Å². The third-order valence-corrected chi connectivity index (χ3v) is 3.48. The molecule has 92 valence electrons. The van der Waals surface area contributed by atoms with E-state index in [0.717, 1.165) is 11.3 Å². The summed E-state index contributed by atoms with van der Waals surface area (Å²) in [6, 6.07) is 6.18. The zero-order valence-corrected chi connectivity index (χ0v) is 11.2. The van der Waals surface area contributed by atoms with Crippen LogP contribution < -0.4 is 10.1 Å². The average molecular weight is 232 g/mol. The topological polar surface area (TPSA) is 26.2 Å². The molecule has 0 bridgehead atoms. The molecule has 0 fully saturated rings. The van der Waals surface area contributed by atoms with Gasteiger partial charge in [-0.2, -0.15) is 0 Å². The van der Waals surface area contributed by atoms with E-state index in [1.165, 1.54) is 10.9 Å². The Labute approximate surface area is 102 Å². The second-order valence-corrected chi connectivity index (χ2v) is 4.89. The van der Waals surface area contributed by atoms with Crippen LogP contribution in [0.2, 0.25) is 0 Å². The van der Waals surface area contributed by atoms with Crippen molar-refractivity contribution in [2.45, 2.75) is 19.4 Å². The lowest BCUT2D eigenvalue weighted by Crippen LogP contribution is -2.32. The molecular weight excluding hydrogens is 212 g/mol. The van der Waals surface area contributed by atoms with Crippen LogP contribution in [0.3, 0.4) is 0 Å². The van der Waals surface area contributed by atoms with Gasteiger partial charge in [-0.1, -0.05) is 12.1 Å². The summed E-state index contributed by atoms with van der Waals surface area (Å²) in [7, 11) is 5.75. The second kappa shape index (κ2) is 4.08. The predicted molar refractivity (Wildman–Crippen MR) is 71.6 cm³/mol. The predicted octanol–water partition coefficient (Wildman–Crippen LogP) is 2.64. The summed E-state index contributed by atoms with van der Waals surface area (Å²) in [6.45, 7) is 4.36. The number of hydrogen-bond donors (Lipinski definition) is 1. The fourth-order valence-electron chi connectivity index (χ4n) is 2.23. The Kier molecular flexibility index (Phi) is 2.87. The van der Waals surface area contributed by atoms with Gasteiger partial charge in [-0.15, -0.1) is 0 Å².